The van der Waals surface area contributed by atoms with E-state index < -0.39 is 60.4 Å². The van der Waals surface area contributed by atoms with Gasteiger partial charge in [-0.15, -0.1) is 11.6 Å². The van der Waals surface area contributed by atoms with Gasteiger partial charge in [-0.3, -0.25) is 60.9 Å². The number of carboxylic acid groups (broad SMARTS) is 1. The second-order valence-corrected chi connectivity index (χ2v) is 19.6. The molecule has 0 aliphatic rings. The number of ketones is 1. The number of para-hydroxylation sites is 2. The molecule has 490 valence electrons. The maximum Gasteiger partial charge on any atom is 1.00 e. The number of aromatic nitrogens is 4. The second-order valence-electron chi connectivity index (χ2n) is 18.1. The fraction of sp³-hybridized carbons (Fsp3) is 0.310. The summed E-state index contributed by atoms with van der Waals surface area (Å²) >= 11 is 22.2. The summed E-state index contributed by atoms with van der Waals surface area (Å²) in [5.41, 5.74) is 17.6. The number of rotatable bonds is 27. The van der Waals surface area contributed by atoms with E-state index in [4.69, 9.17) is 78.8 Å². The quantitative estimate of drug-likeness (QED) is 0.00712. The fourth-order valence-electron chi connectivity index (χ4n) is 7.36. The molecule has 5 aromatic carbocycles. The minimum absolute atomic E-state index is 0. The summed E-state index contributed by atoms with van der Waals surface area (Å²) in [6.45, 7) is -1.54. The number of amides is 5. The summed E-state index contributed by atoms with van der Waals surface area (Å²) < 4.78 is 78.8. The molecule has 0 fully saturated rings. The molecule has 0 radical (unpaired) electrons. The van der Waals surface area contributed by atoms with E-state index in [1.165, 1.54) is 38.5 Å². The van der Waals surface area contributed by atoms with E-state index >= 15 is 0 Å². The van der Waals surface area contributed by atoms with Gasteiger partial charge in [0.05, 0.1) is 65.1 Å². The van der Waals surface area contributed by atoms with Crippen molar-refractivity contribution in [1.82, 2.24) is 40.4 Å². The van der Waals surface area contributed by atoms with Crippen LogP contribution in [-0.2, 0) is 66.3 Å². The van der Waals surface area contributed by atoms with E-state index in [2.05, 4.69) is 31.0 Å². The molecule has 5 amide bonds. The van der Waals surface area contributed by atoms with Crippen molar-refractivity contribution in [3.05, 3.63) is 164 Å². The predicted octanol–water partition coefficient (Wildman–Crippen LogP) is 0.776. The van der Waals surface area contributed by atoms with E-state index in [0.717, 1.165) is 0 Å². The Morgan fingerprint density at radius 1 is 0.652 bits per heavy atom. The normalized spacial score (nSPS) is 10.0. The van der Waals surface area contributed by atoms with Crippen molar-refractivity contribution in [3.63, 3.8) is 0 Å². The first-order valence-electron chi connectivity index (χ1n) is 26.7. The number of aryl methyl sites for hydroxylation is 1. The summed E-state index contributed by atoms with van der Waals surface area (Å²) in [5.74, 6) is -5.48. The Labute approximate surface area is 631 Å². The first kappa shape index (κ1) is 86.9. The summed E-state index contributed by atoms with van der Waals surface area (Å²) in [6, 6.07) is 27.4. The number of nitrogens with zero attached hydrogens (tertiary/aromatic N) is 5. The Kier molecular flexibility index (Phi) is 46.7. The largest absolute Gasteiger partial charge is 1.00 e. The summed E-state index contributed by atoms with van der Waals surface area (Å²) in [7, 11) is 0. The third-order valence-electron chi connectivity index (χ3n) is 11.6. The van der Waals surface area contributed by atoms with Gasteiger partial charge in [-0.2, -0.15) is 10.2 Å². The molecule has 7 rings (SSSR count). The van der Waals surface area contributed by atoms with Crippen LogP contribution in [0.3, 0.4) is 0 Å². The number of carboxylic acids is 1. The minimum atomic E-state index is -1.02. The molecule has 0 saturated carbocycles. The topological polar surface area (TPSA) is 342 Å². The van der Waals surface area contributed by atoms with E-state index in [1.54, 1.807) is 78.9 Å². The van der Waals surface area contributed by atoms with Crippen LogP contribution in [0.2, 0.25) is 15.1 Å². The zero-order chi connectivity index (χ0) is 67.1. The van der Waals surface area contributed by atoms with Crippen LogP contribution in [0.1, 0.15) is 64.8 Å². The van der Waals surface area contributed by atoms with Crippen molar-refractivity contribution in [2.45, 2.75) is 58.3 Å². The van der Waals surface area contributed by atoms with Crippen molar-refractivity contribution >= 4 is 116 Å². The molecule has 0 atom stereocenters. The number of primary amides is 2. The number of hydrogen-bond donors (Lipinski definition) is 7. The van der Waals surface area contributed by atoms with Gasteiger partial charge in [0.1, 0.15) is 36.3 Å². The first-order valence-corrected chi connectivity index (χ1v) is 28.4. The summed E-state index contributed by atoms with van der Waals surface area (Å²) in [4.78, 5) is 93.4. The molecular formula is C58H65Cl4F6K2N11O11. The van der Waals surface area contributed by atoms with Crippen LogP contribution in [0.4, 0.5) is 26.3 Å². The monoisotopic (exact) mass is 1420 g/mol. The number of nitrogens with two attached hydrogens (primary N) is 3. The molecule has 92 heavy (non-hydrogen) atoms. The van der Waals surface area contributed by atoms with E-state index in [-0.39, 0.29) is 226 Å². The molecule has 2 aromatic heterocycles. The number of benzene rings is 5. The number of carbonyl (C=O) groups excluding carboxylic acids is 7. The van der Waals surface area contributed by atoms with E-state index in [1.807, 2.05) is 0 Å². The van der Waals surface area contributed by atoms with Crippen molar-refractivity contribution < 1.29 is 184 Å². The summed E-state index contributed by atoms with van der Waals surface area (Å²) in [6.07, 6.45) is 1.50. The third kappa shape index (κ3) is 31.9. The number of hydrogen-bond acceptors (Lipinski definition) is 14. The standard InChI is InChI=1S/C22H22ClF2N5O3.C12H15ClF2N2O.C10H9Cl2FO.C10H9N3O3.C3H8FN.CH2O3.2K.H/c23-16-7-3-5-14(20(16)25)11-27-18(31)12-29(10-4-9-24)19(32)13-30-17-8-2-1-6-15(17)21(28-30)22(26)33;13-10-4-1-3-9(12(10)15)7-17-11(18)8-16-6-2-5-14;11-6-8(14)5-4-7-2-1-3-9(12)10(7)13;11-10(16)9-6-3-1-2-4-7(6)13(12-9)5-8(14)15;4-2-1-3-5;2-1-4-3;;;/h1-3,5-8H,4,9-13H2,(H2,26,33)(H,27,31);1,3-4,16H,2,5-8H2,(H,17,18);1-3H,4-6H2;1-4H,5H2,(H2,11,16)(H,14,15);1-3,5H2;1,3H;;;/q;;;;;;2*+1;-1/p-1. The van der Waals surface area contributed by atoms with Crippen LogP contribution in [0.25, 0.3) is 21.8 Å². The first-order chi connectivity index (χ1) is 43.0. The number of alkyl halides is 4. The smallest absolute Gasteiger partial charge is 1.00 e. The van der Waals surface area contributed by atoms with Gasteiger partial charge < -0.3 is 54.7 Å². The fourth-order valence-corrected chi connectivity index (χ4v) is 8.08. The molecule has 22 nitrogen and oxygen atoms in total. The van der Waals surface area contributed by atoms with Crippen LogP contribution < -0.4 is 141 Å². The van der Waals surface area contributed by atoms with Gasteiger partial charge in [-0.05, 0) is 74.7 Å². The predicted molar refractivity (Wildman–Crippen MR) is 325 cm³/mol. The number of carbonyl (C=O) groups is 8. The van der Waals surface area contributed by atoms with Gasteiger partial charge in [0.15, 0.2) is 11.4 Å². The van der Waals surface area contributed by atoms with Gasteiger partial charge >= 0.3 is 109 Å². The molecule has 0 saturated heterocycles. The van der Waals surface area contributed by atoms with Crippen LogP contribution >= 0.6 is 46.4 Å². The van der Waals surface area contributed by atoms with Crippen molar-refractivity contribution in [2.24, 2.45) is 17.2 Å². The number of aliphatic carboxylic acids is 1. The molecular weight excluding hydrogens is 1360 g/mol. The molecule has 0 bridgehead atoms. The maximum absolute atomic E-state index is 14.0. The Morgan fingerprint density at radius 2 is 1.09 bits per heavy atom. The Balaban J connectivity index is 0. The van der Waals surface area contributed by atoms with Crippen LogP contribution in [-0.4, -0.2) is 136 Å². The Hall–Kier alpha value is -5.11. The van der Waals surface area contributed by atoms with Crippen LogP contribution in [0.15, 0.2) is 103 Å². The number of halogens is 10. The molecule has 2 heterocycles. The van der Waals surface area contributed by atoms with E-state index in [0.29, 0.717) is 65.3 Å². The number of Topliss-reactive ketones (excluding diaryl/α,β-unsaturated/α-hetero) is 1. The average molecular weight is 1430 g/mol. The van der Waals surface area contributed by atoms with Gasteiger partial charge in [0, 0.05) is 48.0 Å². The van der Waals surface area contributed by atoms with Crippen molar-refractivity contribution in [3.8, 4) is 0 Å². The zero-order valence-electron chi connectivity index (χ0n) is 50.9. The van der Waals surface area contributed by atoms with Crippen molar-refractivity contribution in [1.29, 1.82) is 0 Å². The van der Waals surface area contributed by atoms with Gasteiger partial charge in [-0.1, -0.05) is 108 Å². The molecule has 10 N–H and O–H groups in total. The average Bonchev–Trinajstić information content (AvgIpc) is 1.67. The maximum atomic E-state index is 14.0. The van der Waals surface area contributed by atoms with Gasteiger partial charge in [0.25, 0.3) is 18.3 Å². The van der Waals surface area contributed by atoms with Crippen molar-refractivity contribution in [2.75, 3.05) is 58.6 Å². The summed E-state index contributed by atoms with van der Waals surface area (Å²) in [5, 5.41) is 34.1. The third-order valence-corrected chi connectivity index (χ3v) is 12.8. The SMILES string of the molecule is NC(=O)c1nn(CC(=O)N(CCCF)CC(=O)NCc2cccc(Cl)c2F)c2ccccc12.NC(=O)c1nn(CC(=O)O)c2ccccc12.NCCCF.O=C(CCl)CCc1cccc(Cl)c1F.O=C(CNCCCF)NCc1cccc(Cl)c1F.O=CO[O-].[H-].[K+].[K+]. The molecule has 34 heteroatoms. The molecule has 0 unspecified atom stereocenters. The second kappa shape index (κ2) is 49.4. The van der Waals surface area contributed by atoms with Crippen LogP contribution in [0, 0.1) is 17.5 Å². The van der Waals surface area contributed by atoms with Gasteiger partial charge in [0.2, 0.25) is 17.7 Å². The molecule has 0 spiro atoms. The van der Waals surface area contributed by atoms with E-state index in [9.17, 15) is 59.9 Å². The van der Waals surface area contributed by atoms with Crippen LogP contribution in [0.5, 0.6) is 0 Å². The minimum Gasteiger partial charge on any atom is -1.00 e. The number of fused-ring (bicyclic) bond motifs is 2. The molecule has 0 aliphatic carbocycles. The molecule has 7 aromatic rings. The number of nitrogens with one attached hydrogen (secondary N) is 3. The zero-order valence-corrected chi connectivity index (χ0v) is 59.2. The molecule has 0 aliphatic heterocycles. The van der Waals surface area contributed by atoms with Gasteiger partial charge in [-0.25, -0.2) is 13.2 Å². The Bertz CT molecular complexity index is 3480. The Morgan fingerprint density at radius 3 is 1.50 bits per heavy atom.